The van der Waals surface area contributed by atoms with Gasteiger partial charge in [0.2, 0.25) is 0 Å². The van der Waals surface area contributed by atoms with E-state index in [0.717, 1.165) is 37.3 Å². The van der Waals surface area contributed by atoms with Gasteiger partial charge in [-0.1, -0.05) is 49.6 Å². The van der Waals surface area contributed by atoms with Crippen LogP contribution in [0.4, 0.5) is 0 Å². The molecule has 1 aromatic carbocycles. The Morgan fingerprint density at radius 3 is 2.74 bits per heavy atom. The van der Waals surface area contributed by atoms with Gasteiger partial charge in [-0.05, 0) is 24.8 Å². The van der Waals surface area contributed by atoms with E-state index in [1.165, 1.54) is 37.7 Å². The summed E-state index contributed by atoms with van der Waals surface area (Å²) < 4.78 is 0. The molecule has 0 unspecified atom stereocenters. The second-order valence-corrected chi connectivity index (χ2v) is 8.11. The highest BCUT2D eigenvalue weighted by molar-refractivity contribution is 5.95. The number of nitrogens with zero attached hydrogens (tertiary/aromatic N) is 3. The number of H-pyrrole nitrogens is 1. The van der Waals surface area contributed by atoms with Crippen molar-refractivity contribution in [2.45, 2.75) is 57.0 Å². The van der Waals surface area contributed by atoms with E-state index in [0.29, 0.717) is 5.92 Å². The number of benzene rings is 1. The van der Waals surface area contributed by atoms with Crippen molar-refractivity contribution in [1.29, 1.82) is 0 Å². The molecule has 5 nitrogen and oxygen atoms in total. The topological polar surface area (TPSA) is 52.2 Å². The van der Waals surface area contributed by atoms with Crippen molar-refractivity contribution in [2.75, 3.05) is 20.1 Å². The number of aromatic nitrogens is 2. The largest absolute Gasteiger partial charge is 0.337 e. The molecule has 1 atom stereocenters. The molecule has 2 heterocycles. The van der Waals surface area contributed by atoms with Gasteiger partial charge < -0.3 is 4.90 Å². The molecule has 1 saturated heterocycles. The first kappa shape index (κ1) is 18.2. The average Bonchev–Trinajstić information content (AvgIpc) is 3.38. The first-order chi connectivity index (χ1) is 13.2. The summed E-state index contributed by atoms with van der Waals surface area (Å²) in [5.74, 6) is 0.586. The fourth-order valence-corrected chi connectivity index (χ4v) is 4.64. The predicted octanol–water partition coefficient (Wildman–Crippen LogP) is 3.80. The number of carbonyl (C=O) groups is 1. The Morgan fingerprint density at radius 2 is 1.96 bits per heavy atom. The number of rotatable bonds is 5. The lowest BCUT2D eigenvalue weighted by Crippen LogP contribution is -2.39. The van der Waals surface area contributed by atoms with Gasteiger partial charge >= 0.3 is 0 Å². The number of aromatic amines is 1. The molecule has 0 spiro atoms. The van der Waals surface area contributed by atoms with E-state index in [1.54, 1.807) is 6.20 Å². The Bertz CT molecular complexity index is 751. The zero-order valence-corrected chi connectivity index (χ0v) is 16.2. The zero-order valence-electron chi connectivity index (χ0n) is 16.2. The number of likely N-dealkylation sites (tertiary alicyclic amines) is 1. The van der Waals surface area contributed by atoms with Crippen molar-refractivity contribution < 1.29 is 4.79 Å². The maximum absolute atomic E-state index is 13.2. The predicted molar refractivity (Wildman–Crippen MR) is 107 cm³/mol. The SMILES string of the molecule is CN(C(=O)c1cn[nH]c1C1CCCCC1)[C@@H]1CCN(Cc2ccccc2)C1. The van der Waals surface area contributed by atoms with Crippen LogP contribution < -0.4 is 0 Å². The van der Waals surface area contributed by atoms with Gasteiger partial charge in [0.15, 0.2) is 0 Å². The van der Waals surface area contributed by atoms with Crippen molar-refractivity contribution in [3.63, 3.8) is 0 Å². The third kappa shape index (κ3) is 4.08. The Hall–Kier alpha value is -2.14. The molecule has 1 aliphatic carbocycles. The van der Waals surface area contributed by atoms with Crippen molar-refractivity contribution in [2.24, 2.45) is 0 Å². The lowest BCUT2D eigenvalue weighted by Gasteiger charge is -2.26. The molecule has 2 aliphatic rings. The van der Waals surface area contributed by atoms with Crippen LogP contribution in [0.15, 0.2) is 36.5 Å². The molecule has 1 aromatic heterocycles. The zero-order chi connectivity index (χ0) is 18.6. The maximum Gasteiger partial charge on any atom is 0.257 e. The molecule has 1 saturated carbocycles. The Balaban J connectivity index is 1.39. The molecule has 144 valence electrons. The van der Waals surface area contributed by atoms with Crippen LogP contribution in [0.2, 0.25) is 0 Å². The van der Waals surface area contributed by atoms with E-state index in [-0.39, 0.29) is 11.9 Å². The molecule has 1 N–H and O–H groups in total. The van der Waals surface area contributed by atoms with Gasteiger partial charge in [-0.25, -0.2) is 0 Å². The first-order valence-corrected chi connectivity index (χ1v) is 10.3. The smallest absolute Gasteiger partial charge is 0.257 e. The molecule has 0 radical (unpaired) electrons. The van der Waals surface area contributed by atoms with E-state index in [4.69, 9.17) is 0 Å². The lowest BCUT2D eigenvalue weighted by atomic mass is 9.85. The molecule has 2 aromatic rings. The third-order valence-corrected chi connectivity index (χ3v) is 6.28. The minimum Gasteiger partial charge on any atom is -0.337 e. The molecule has 4 rings (SSSR count). The third-order valence-electron chi connectivity index (χ3n) is 6.28. The van der Waals surface area contributed by atoms with Gasteiger partial charge in [-0.15, -0.1) is 0 Å². The van der Waals surface area contributed by atoms with E-state index in [1.807, 2.05) is 11.9 Å². The van der Waals surface area contributed by atoms with Crippen LogP contribution >= 0.6 is 0 Å². The van der Waals surface area contributed by atoms with Gasteiger partial charge in [-0.2, -0.15) is 5.10 Å². The molecule has 1 aliphatic heterocycles. The van der Waals surface area contributed by atoms with Crippen molar-refractivity contribution >= 4 is 5.91 Å². The first-order valence-electron chi connectivity index (χ1n) is 10.3. The second-order valence-electron chi connectivity index (χ2n) is 8.11. The minimum absolute atomic E-state index is 0.121. The van der Waals surface area contributed by atoms with Gasteiger partial charge in [0.25, 0.3) is 5.91 Å². The number of likely N-dealkylation sites (N-methyl/N-ethyl adjacent to an activating group) is 1. The van der Waals surface area contributed by atoms with E-state index < -0.39 is 0 Å². The maximum atomic E-state index is 13.2. The van der Waals surface area contributed by atoms with E-state index in [9.17, 15) is 4.79 Å². The van der Waals surface area contributed by atoms with E-state index >= 15 is 0 Å². The Kier molecular flexibility index (Phi) is 5.58. The fourth-order valence-electron chi connectivity index (χ4n) is 4.64. The molecule has 27 heavy (non-hydrogen) atoms. The van der Waals surface area contributed by atoms with Gasteiger partial charge in [0.1, 0.15) is 0 Å². The monoisotopic (exact) mass is 366 g/mol. The van der Waals surface area contributed by atoms with Crippen LogP contribution in [0.5, 0.6) is 0 Å². The number of hydrogen-bond acceptors (Lipinski definition) is 3. The van der Waals surface area contributed by atoms with Crippen molar-refractivity contribution in [1.82, 2.24) is 20.0 Å². The molecular formula is C22H30N4O. The number of hydrogen-bond donors (Lipinski definition) is 1. The number of carbonyl (C=O) groups excluding carboxylic acids is 1. The summed E-state index contributed by atoms with van der Waals surface area (Å²) in [7, 11) is 1.96. The summed E-state index contributed by atoms with van der Waals surface area (Å²) in [5.41, 5.74) is 3.18. The highest BCUT2D eigenvalue weighted by atomic mass is 16.2. The van der Waals surface area contributed by atoms with Gasteiger partial charge in [0.05, 0.1) is 17.5 Å². The van der Waals surface area contributed by atoms with Crippen LogP contribution in [0, 0.1) is 0 Å². The number of nitrogens with one attached hydrogen (secondary N) is 1. The molecule has 1 amide bonds. The molecular weight excluding hydrogens is 336 g/mol. The second kappa shape index (κ2) is 8.26. The Labute approximate surface area is 161 Å². The highest BCUT2D eigenvalue weighted by Crippen LogP contribution is 2.33. The van der Waals surface area contributed by atoms with Crippen molar-refractivity contribution in [3.8, 4) is 0 Å². The standard InChI is InChI=1S/C22H30N4O/c1-25(19-12-13-26(16-19)15-17-8-4-2-5-9-17)22(27)20-14-23-24-21(20)18-10-6-3-7-11-18/h2,4-5,8-9,14,18-19H,3,6-7,10-13,15-16H2,1H3,(H,23,24)/t19-/m1/s1. The fraction of sp³-hybridized carbons (Fsp3) is 0.545. The average molecular weight is 367 g/mol. The molecule has 2 fully saturated rings. The summed E-state index contributed by atoms with van der Waals surface area (Å²) in [4.78, 5) is 17.6. The van der Waals surface area contributed by atoms with Gasteiger partial charge in [0, 0.05) is 38.6 Å². The summed E-state index contributed by atoms with van der Waals surface area (Å²) in [6, 6.07) is 10.8. The minimum atomic E-state index is 0.121. The van der Waals surface area contributed by atoms with Crippen LogP contribution in [-0.2, 0) is 6.54 Å². The van der Waals surface area contributed by atoms with Crippen LogP contribution in [0.1, 0.15) is 66.1 Å². The summed E-state index contributed by atoms with van der Waals surface area (Å²) in [5, 5.41) is 7.35. The summed E-state index contributed by atoms with van der Waals surface area (Å²) in [6.07, 6.45) is 8.92. The quantitative estimate of drug-likeness (QED) is 0.876. The van der Waals surface area contributed by atoms with Gasteiger partial charge in [-0.3, -0.25) is 14.8 Å². The number of amides is 1. The molecule has 5 heteroatoms. The van der Waals surface area contributed by atoms with E-state index in [2.05, 4.69) is 45.4 Å². The molecule has 0 bridgehead atoms. The summed E-state index contributed by atoms with van der Waals surface area (Å²) >= 11 is 0. The normalized spacial score (nSPS) is 21.4. The summed E-state index contributed by atoms with van der Waals surface area (Å²) in [6.45, 7) is 2.93. The van der Waals surface area contributed by atoms with Crippen molar-refractivity contribution in [3.05, 3.63) is 53.3 Å². The Morgan fingerprint density at radius 1 is 1.19 bits per heavy atom. The van der Waals surface area contributed by atoms with Crippen LogP contribution in [0.25, 0.3) is 0 Å². The van der Waals surface area contributed by atoms with Crippen LogP contribution in [0.3, 0.4) is 0 Å². The van der Waals surface area contributed by atoms with Crippen LogP contribution in [-0.4, -0.2) is 52.1 Å². The highest BCUT2D eigenvalue weighted by Gasteiger charge is 2.31. The lowest BCUT2D eigenvalue weighted by molar-refractivity contribution is 0.0733.